The summed E-state index contributed by atoms with van der Waals surface area (Å²) in [5.41, 5.74) is 1.17. The van der Waals surface area contributed by atoms with E-state index in [1.807, 2.05) is 18.2 Å². The molecule has 0 bridgehead atoms. The third-order valence-corrected chi connectivity index (χ3v) is 4.00. The largest absolute Gasteiger partial charge is 0.488 e. The van der Waals surface area contributed by atoms with Crippen molar-refractivity contribution >= 4 is 23.5 Å². The number of carbonyl (C=O) groups excluding carboxylic acids is 1. The Balaban J connectivity index is 2.24. The van der Waals surface area contributed by atoms with Crippen LogP contribution in [0.5, 0.6) is 5.75 Å². The average molecular weight is 362 g/mol. The third kappa shape index (κ3) is 4.97. The van der Waals surface area contributed by atoms with Crippen molar-refractivity contribution in [2.24, 2.45) is 5.92 Å². The maximum absolute atomic E-state index is 11.9. The molecule has 0 aromatic heterocycles. The number of nitrogens with one attached hydrogen (secondary N) is 1. The first kappa shape index (κ1) is 18.8. The molecule has 0 saturated heterocycles. The van der Waals surface area contributed by atoms with Gasteiger partial charge in [-0.25, -0.2) is 4.79 Å². The molecule has 0 fully saturated rings. The lowest BCUT2D eigenvalue weighted by molar-refractivity contribution is -0.142. The predicted molar refractivity (Wildman–Crippen MR) is 95.6 cm³/mol. The maximum atomic E-state index is 11.9. The zero-order valence-corrected chi connectivity index (χ0v) is 14.8. The first-order valence-corrected chi connectivity index (χ1v) is 8.26. The summed E-state index contributed by atoms with van der Waals surface area (Å²) < 4.78 is 5.78. The van der Waals surface area contributed by atoms with Crippen molar-refractivity contribution in [2.75, 3.05) is 0 Å². The average Bonchev–Trinajstić information content (AvgIpc) is 2.58. The van der Waals surface area contributed by atoms with Crippen LogP contribution in [0.3, 0.4) is 0 Å². The summed E-state index contributed by atoms with van der Waals surface area (Å²) in [6.07, 6.45) is 0. The van der Waals surface area contributed by atoms with E-state index in [1.165, 1.54) is 0 Å². The Morgan fingerprint density at radius 2 is 1.76 bits per heavy atom. The number of halogens is 1. The van der Waals surface area contributed by atoms with E-state index >= 15 is 0 Å². The lowest BCUT2D eigenvalue weighted by atomic mass is 10.0. The summed E-state index contributed by atoms with van der Waals surface area (Å²) in [6.45, 7) is 3.60. The number of para-hydroxylation sites is 1. The van der Waals surface area contributed by atoms with Gasteiger partial charge in [0.15, 0.2) is 6.04 Å². The molecule has 2 rings (SSSR count). The second-order valence-electron chi connectivity index (χ2n) is 5.85. The summed E-state index contributed by atoms with van der Waals surface area (Å²) in [5.74, 6) is -1.42. The number of rotatable bonds is 7. The first-order valence-electron chi connectivity index (χ1n) is 7.88. The molecule has 0 spiro atoms. The van der Waals surface area contributed by atoms with Crippen LogP contribution in [0.15, 0.2) is 48.5 Å². The summed E-state index contributed by atoms with van der Waals surface area (Å²) in [7, 11) is 0. The van der Waals surface area contributed by atoms with Crippen molar-refractivity contribution in [3.8, 4) is 5.75 Å². The Bertz CT molecular complexity index is 761. The van der Waals surface area contributed by atoms with Crippen LogP contribution in [-0.4, -0.2) is 17.0 Å². The van der Waals surface area contributed by atoms with Gasteiger partial charge in [0.25, 0.3) is 0 Å². The highest BCUT2D eigenvalue weighted by atomic mass is 35.5. The van der Waals surface area contributed by atoms with Gasteiger partial charge in [-0.2, -0.15) is 0 Å². The molecule has 0 saturated carbocycles. The molecule has 2 N–H and O–H groups in total. The number of carbonyl (C=O) groups is 2. The Kier molecular flexibility index (Phi) is 6.42. The van der Waals surface area contributed by atoms with Crippen LogP contribution in [0, 0.1) is 5.92 Å². The number of ether oxygens (including phenoxy) is 1. The highest BCUT2D eigenvalue weighted by Gasteiger charge is 2.26. The smallest absolute Gasteiger partial charge is 0.331 e. The van der Waals surface area contributed by atoms with Gasteiger partial charge >= 0.3 is 5.97 Å². The fourth-order valence-corrected chi connectivity index (χ4v) is 2.39. The monoisotopic (exact) mass is 361 g/mol. The minimum atomic E-state index is -1.18. The molecule has 5 nitrogen and oxygen atoms in total. The van der Waals surface area contributed by atoms with Crippen LogP contribution in [0.1, 0.15) is 31.0 Å². The van der Waals surface area contributed by atoms with E-state index in [2.05, 4.69) is 5.32 Å². The lowest BCUT2D eigenvalue weighted by Gasteiger charge is -2.19. The highest BCUT2D eigenvalue weighted by Crippen LogP contribution is 2.27. The van der Waals surface area contributed by atoms with Gasteiger partial charge < -0.3 is 15.2 Å². The summed E-state index contributed by atoms with van der Waals surface area (Å²) in [4.78, 5) is 23.6. The number of benzene rings is 2. The van der Waals surface area contributed by atoms with Gasteiger partial charge in [-0.3, -0.25) is 4.79 Å². The molecular weight excluding hydrogens is 342 g/mol. The molecular formula is C19H20ClNO4. The number of hydrogen-bond acceptors (Lipinski definition) is 3. The normalized spacial score (nSPS) is 11.8. The molecule has 0 radical (unpaired) electrons. The van der Waals surface area contributed by atoms with E-state index in [4.69, 9.17) is 16.3 Å². The molecule has 0 aliphatic carbocycles. The molecule has 2 aromatic carbocycles. The van der Waals surface area contributed by atoms with Gasteiger partial charge in [0.2, 0.25) is 5.91 Å². The van der Waals surface area contributed by atoms with Crippen LogP contribution in [0.4, 0.5) is 0 Å². The van der Waals surface area contributed by atoms with E-state index in [1.54, 1.807) is 44.2 Å². The molecule has 0 heterocycles. The van der Waals surface area contributed by atoms with Gasteiger partial charge in [-0.1, -0.05) is 61.8 Å². The standard InChI is InChI=1S/C19H20ClNO4/c1-12(2)18(22)21-17(19(23)24)14-8-4-6-10-16(14)25-11-13-7-3-5-9-15(13)20/h3-10,12,17H,11H2,1-2H3,(H,21,22)(H,23,24). The van der Waals surface area contributed by atoms with Crippen LogP contribution in [0.25, 0.3) is 0 Å². The predicted octanol–water partition coefficient (Wildman–Crippen LogP) is 3.82. The van der Waals surface area contributed by atoms with Gasteiger partial charge in [0.05, 0.1) is 0 Å². The van der Waals surface area contributed by atoms with Gasteiger partial charge in [-0.05, 0) is 12.1 Å². The van der Waals surface area contributed by atoms with E-state index in [0.717, 1.165) is 5.56 Å². The van der Waals surface area contributed by atoms with Crippen LogP contribution < -0.4 is 10.1 Å². The second kappa shape index (κ2) is 8.53. The summed E-state index contributed by atoms with van der Waals surface area (Å²) in [6, 6.07) is 12.8. The molecule has 1 unspecified atom stereocenters. The zero-order chi connectivity index (χ0) is 18.4. The Labute approximate surface area is 151 Å². The van der Waals surface area contributed by atoms with E-state index in [9.17, 15) is 14.7 Å². The van der Waals surface area contributed by atoms with E-state index < -0.39 is 12.0 Å². The van der Waals surface area contributed by atoms with Gasteiger partial charge in [0.1, 0.15) is 12.4 Å². The quantitative estimate of drug-likeness (QED) is 0.786. The lowest BCUT2D eigenvalue weighted by Crippen LogP contribution is -2.36. The fraction of sp³-hybridized carbons (Fsp3) is 0.263. The van der Waals surface area contributed by atoms with Crippen LogP contribution in [-0.2, 0) is 16.2 Å². The molecule has 2 aromatic rings. The maximum Gasteiger partial charge on any atom is 0.331 e. The number of carboxylic acids is 1. The number of carboxylic acid groups (broad SMARTS) is 1. The van der Waals surface area contributed by atoms with E-state index in [0.29, 0.717) is 16.3 Å². The van der Waals surface area contributed by atoms with Crippen molar-refractivity contribution in [1.29, 1.82) is 0 Å². The van der Waals surface area contributed by atoms with Crippen molar-refractivity contribution in [2.45, 2.75) is 26.5 Å². The Morgan fingerprint density at radius 1 is 1.12 bits per heavy atom. The molecule has 1 amide bonds. The molecule has 25 heavy (non-hydrogen) atoms. The summed E-state index contributed by atoms with van der Waals surface area (Å²) in [5, 5.41) is 12.6. The number of aliphatic carboxylic acids is 1. The van der Waals surface area contributed by atoms with Crippen molar-refractivity contribution < 1.29 is 19.4 Å². The summed E-state index contributed by atoms with van der Waals surface area (Å²) >= 11 is 6.12. The zero-order valence-electron chi connectivity index (χ0n) is 14.0. The highest BCUT2D eigenvalue weighted by molar-refractivity contribution is 6.31. The SMILES string of the molecule is CC(C)C(=O)NC(C(=O)O)c1ccccc1OCc1ccccc1Cl. The number of amides is 1. The van der Waals surface area contributed by atoms with Crippen molar-refractivity contribution in [3.05, 3.63) is 64.7 Å². The molecule has 0 aliphatic heterocycles. The van der Waals surface area contributed by atoms with Crippen LogP contribution in [0.2, 0.25) is 5.02 Å². The Hall–Kier alpha value is -2.53. The molecule has 132 valence electrons. The van der Waals surface area contributed by atoms with Gasteiger partial charge in [0, 0.05) is 22.1 Å². The van der Waals surface area contributed by atoms with Crippen molar-refractivity contribution in [3.63, 3.8) is 0 Å². The Morgan fingerprint density at radius 3 is 2.40 bits per heavy atom. The first-order chi connectivity index (χ1) is 11.9. The fourth-order valence-electron chi connectivity index (χ4n) is 2.20. The molecule has 0 aliphatic rings. The van der Waals surface area contributed by atoms with Crippen LogP contribution >= 0.6 is 11.6 Å². The molecule has 6 heteroatoms. The molecule has 1 atom stereocenters. The minimum Gasteiger partial charge on any atom is -0.488 e. The minimum absolute atomic E-state index is 0.196. The topological polar surface area (TPSA) is 75.6 Å². The van der Waals surface area contributed by atoms with Gasteiger partial charge in [-0.15, -0.1) is 0 Å². The van der Waals surface area contributed by atoms with E-state index in [-0.39, 0.29) is 18.4 Å². The third-order valence-electron chi connectivity index (χ3n) is 3.63. The second-order valence-corrected chi connectivity index (χ2v) is 6.26. The number of hydrogen-bond donors (Lipinski definition) is 2. The van der Waals surface area contributed by atoms with Crippen molar-refractivity contribution in [1.82, 2.24) is 5.32 Å².